The second-order valence-electron chi connectivity index (χ2n) is 5.18. The molecule has 0 aromatic heterocycles. The third kappa shape index (κ3) is 3.32. The number of anilines is 1. The molecule has 1 aromatic rings. The van der Waals surface area contributed by atoms with Gasteiger partial charge in [0.25, 0.3) is 0 Å². The molecule has 1 aliphatic heterocycles. The summed E-state index contributed by atoms with van der Waals surface area (Å²) in [4.78, 5) is 13.4. The smallest absolute Gasteiger partial charge is 0.129 e. The zero-order chi connectivity index (χ0) is 12.3. The van der Waals surface area contributed by atoms with Crippen molar-refractivity contribution in [2.45, 2.75) is 33.1 Å². The molecule has 0 aliphatic carbocycles. The van der Waals surface area contributed by atoms with Gasteiger partial charge in [0.15, 0.2) is 0 Å². The summed E-state index contributed by atoms with van der Waals surface area (Å²) < 4.78 is 0. The summed E-state index contributed by atoms with van der Waals surface area (Å²) in [5.41, 5.74) is 2.64. The summed E-state index contributed by atoms with van der Waals surface area (Å²) in [7, 11) is 0. The van der Waals surface area contributed by atoms with Crippen LogP contribution in [0, 0.1) is 12.8 Å². The number of Topliss-reactive ketones (excluding diaryl/α,β-unsaturated/α-hetero) is 1. The highest BCUT2D eigenvalue weighted by Crippen LogP contribution is 2.26. The van der Waals surface area contributed by atoms with Crippen LogP contribution in [0.3, 0.4) is 0 Å². The van der Waals surface area contributed by atoms with Gasteiger partial charge in [0.2, 0.25) is 0 Å². The van der Waals surface area contributed by atoms with E-state index >= 15 is 0 Å². The topological polar surface area (TPSA) is 20.3 Å². The van der Waals surface area contributed by atoms with Crippen LogP contribution in [0.2, 0.25) is 0 Å². The molecule has 1 atom stereocenters. The molecule has 0 bridgehead atoms. The molecule has 2 nitrogen and oxygen atoms in total. The minimum atomic E-state index is 0.319. The fraction of sp³-hybridized carbons (Fsp3) is 0.533. The highest BCUT2D eigenvalue weighted by Gasteiger charge is 2.22. The Morgan fingerprint density at radius 3 is 3.00 bits per heavy atom. The molecule has 1 heterocycles. The molecular formula is C15H21NO. The zero-order valence-corrected chi connectivity index (χ0v) is 10.8. The summed E-state index contributed by atoms with van der Waals surface area (Å²) in [5, 5.41) is 0. The predicted octanol–water partition coefficient (Wildman–Crippen LogP) is 3.19. The van der Waals surface area contributed by atoms with Gasteiger partial charge in [0.1, 0.15) is 5.78 Å². The van der Waals surface area contributed by atoms with E-state index in [2.05, 4.69) is 36.1 Å². The third-order valence-electron chi connectivity index (χ3n) is 3.56. The minimum absolute atomic E-state index is 0.319. The van der Waals surface area contributed by atoms with Gasteiger partial charge in [-0.15, -0.1) is 0 Å². The number of carbonyl (C=O) groups excluding carboxylic acids is 1. The fourth-order valence-electron chi connectivity index (χ4n) is 2.53. The lowest BCUT2D eigenvalue weighted by Gasteiger charge is -2.19. The Bertz CT molecular complexity index is 400. The summed E-state index contributed by atoms with van der Waals surface area (Å²) >= 11 is 0. The van der Waals surface area contributed by atoms with Crippen LogP contribution in [0.1, 0.15) is 31.7 Å². The molecule has 0 amide bonds. The summed E-state index contributed by atoms with van der Waals surface area (Å²) in [6.07, 6.45) is 3.02. The van der Waals surface area contributed by atoms with E-state index in [1.165, 1.54) is 17.7 Å². The van der Waals surface area contributed by atoms with Gasteiger partial charge in [0.05, 0.1) is 0 Å². The Hall–Kier alpha value is -1.31. The van der Waals surface area contributed by atoms with Crippen LogP contribution in [0.4, 0.5) is 5.69 Å². The standard InChI is InChI=1S/C15H21NO/c1-12-4-3-5-15(10-12)16-9-8-14(11-16)7-6-13(2)17/h3-5,10,14H,6-9,11H2,1-2H3. The second-order valence-corrected chi connectivity index (χ2v) is 5.18. The monoisotopic (exact) mass is 231 g/mol. The van der Waals surface area contributed by atoms with Crippen molar-refractivity contribution in [2.75, 3.05) is 18.0 Å². The van der Waals surface area contributed by atoms with Crippen LogP contribution in [-0.2, 0) is 4.79 Å². The van der Waals surface area contributed by atoms with Crippen molar-refractivity contribution in [2.24, 2.45) is 5.92 Å². The molecule has 0 spiro atoms. The highest BCUT2D eigenvalue weighted by molar-refractivity contribution is 5.75. The summed E-state index contributed by atoms with van der Waals surface area (Å²) in [5.74, 6) is 1.01. The van der Waals surface area contributed by atoms with E-state index in [0.717, 1.165) is 25.9 Å². The van der Waals surface area contributed by atoms with Crippen molar-refractivity contribution in [1.82, 2.24) is 0 Å². The van der Waals surface area contributed by atoms with Gasteiger partial charge in [-0.25, -0.2) is 0 Å². The van der Waals surface area contributed by atoms with E-state index in [0.29, 0.717) is 11.7 Å². The molecule has 1 aliphatic rings. The molecule has 0 radical (unpaired) electrons. The molecule has 92 valence electrons. The molecule has 0 N–H and O–H groups in total. The lowest BCUT2D eigenvalue weighted by molar-refractivity contribution is -0.117. The highest BCUT2D eigenvalue weighted by atomic mass is 16.1. The number of benzene rings is 1. The number of rotatable bonds is 4. The Morgan fingerprint density at radius 1 is 1.47 bits per heavy atom. The predicted molar refractivity (Wildman–Crippen MR) is 71.4 cm³/mol. The maximum atomic E-state index is 11.0. The van der Waals surface area contributed by atoms with E-state index < -0.39 is 0 Å². The first-order valence-electron chi connectivity index (χ1n) is 6.46. The molecule has 2 heteroatoms. The van der Waals surface area contributed by atoms with Gasteiger partial charge >= 0.3 is 0 Å². The Kier molecular flexibility index (Phi) is 3.82. The van der Waals surface area contributed by atoms with Crippen LogP contribution < -0.4 is 4.90 Å². The first-order chi connectivity index (χ1) is 8.15. The molecular weight excluding hydrogens is 210 g/mol. The maximum Gasteiger partial charge on any atom is 0.129 e. The van der Waals surface area contributed by atoms with E-state index in [1.54, 1.807) is 6.92 Å². The van der Waals surface area contributed by atoms with E-state index in [-0.39, 0.29) is 0 Å². The van der Waals surface area contributed by atoms with Gasteiger partial charge in [-0.1, -0.05) is 12.1 Å². The number of hydrogen-bond donors (Lipinski definition) is 0. The molecule has 2 rings (SSSR count). The van der Waals surface area contributed by atoms with Crippen LogP contribution >= 0.6 is 0 Å². The second kappa shape index (κ2) is 5.35. The van der Waals surface area contributed by atoms with Crippen LogP contribution in [0.5, 0.6) is 0 Å². The Balaban J connectivity index is 1.91. The van der Waals surface area contributed by atoms with E-state index in [1.807, 2.05) is 0 Å². The maximum absolute atomic E-state index is 11.0. The van der Waals surface area contributed by atoms with E-state index in [4.69, 9.17) is 0 Å². The molecule has 17 heavy (non-hydrogen) atoms. The lowest BCUT2D eigenvalue weighted by Crippen LogP contribution is -2.19. The number of ketones is 1. The Labute approximate surface area is 104 Å². The molecule has 1 aromatic carbocycles. The largest absolute Gasteiger partial charge is 0.371 e. The third-order valence-corrected chi connectivity index (χ3v) is 3.56. The van der Waals surface area contributed by atoms with E-state index in [9.17, 15) is 4.79 Å². The fourth-order valence-corrected chi connectivity index (χ4v) is 2.53. The van der Waals surface area contributed by atoms with Gasteiger partial charge in [-0.3, -0.25) is 0 Å². The number of carbonyl (C=O) groups is 1. The minimum Gasteiger partial charge on any atom is -0.371 e. The Morgan fingerprint density at radius 2 is 2.29 bits per heavy atom. The van der Waals surface area contributed by atoms with Crippen molar-refractivity contribution < 1.29 is 4.79 Å². The van der Waals surface area contributed by atoms with Crippen molar-refractivity contribution in [3.63, 3.8) is 0 Å². The summed E-state index contributed by atoms with van der Waals surface area (Å²) in [6, 6.07) is 8.67. The molecule has 1 fully saturated rings. The first kappa shape index (κ1) is 12.2. The average molecular weight is 231 g/mol. The number of hydrogen-bond acceptors (Lipinski definition) is 2. The number of aryl methyl sites for hydroxylation is 1. The molecule has 1 saturated heterocycles. The molecule has 0 saturated carbocycles. The quantitative estimate of drug-likeness (QED) is 0.793. The van der Waals surface area contributed by atoms with Gasteiger partial charge in [-0.2, -0.15) is 0 Å². The summed E-state index contributed by atoms with van der Waals surface area (Å²) in [6.45, 7) is 6.06. The first-order valence-corrected chi connectivity index (χ1v) is 6.46. The number of nitrogens with zero attached hydrogens (tertiary/aromatic N) is 1. The average Bonchev–Trinajstić information content (AvgIpc) is 2.75. The van der Waals surface area contributed by atoms with Crippen molar-refractivity contribution in [3.05, 3.63) is 29.8 Å². The van der Waals surface area contributed by atoms with Crippen molar-refractivity contribution in [3.8, 4) is 0 Å². The van der Waals surface area contributed by atoms with Crippen LogP contribution in [-0.4, -0.2) is 18.9 Å². The van der Waals surface area contributed by atoms with Gasteiger partial charge < -0.3 is 9.69 Å². The van der Waals surface area contributed by atoms with Crippen molar-refractivity contribution >= 4 is 11.5 Å². The van der Waals surface area contributed by atoms with Crippen LogP contribution in [0.25, 0.3) is 0 Å². The van der Waals surface area contributed by atoms with Crippen molar-refractivity contribution in [1.29, 1.82) is 0 Å². The SMILES string of the molecule is CC(=O)CCC1CCN(c2cccc(C)c2)C1. The van der Waals surface area contributed by atoms with Gasteiger partial charge in [-0.05, 0) is 50.3 Å². The normalized spacial score (nSPS) is 19.6. The zero-order valence-electron chi connectivity index (χ0n) is 10.8. The van der Waals surface area contributed by atoms with Gasteiger partial charge in [0, 0.05) is 25.2 Å². The van der Waals surface area contributed by atoms with Crippen LogP contribution in [0.15, 0.2) is 24.3 Å². The molecule has 1 unspecified atom stereocenters. The lowest BCUT2D eigenvalue weighted by atomic mass is 10.0.